The van der Waals surface area contributed by atoms with Crippen LogP contribution in [-0.2, 0) is 14.3 Å². The van der Waals surface area contributed by atoms with E-state index in [0.29, 0.717) is 5.56 Å². The maximum Gasteiger partial charge on any atom is 0.333 e. The molecule has 1 aliphatic heterocycles. The Bertz CT molecular complexity index is 819. The number of azide groups is 1. The molecule has 0 spiro atoms. The largest absolute Gasteiger partial charge is 0.467 e. The van der Waals surface area contributed by atoms with Crippen LogP contribution in [0.4, 0.5) is 0 Å². The summed E-state index contributed by atoms with van der Waals surface area (Å²) in [4.78, 5) is 29.2. The minimum absolute atomic E-state index is 0.397. The first-order valence-corrected chi connectivity index (χ1v) is 7.73. The van der Waals surface area contributed by atoms with Crippen LogP contribution in [0.15, 0.2) is 65.8 Å². The van der Waals surface area contributed by atoms with Crippen molar-refractivity contribution in [3.8, 4) is 0 Å². The highest BCUT2D eigenvalue weighted by molar-refractivity contribution is 5.94. The molecular weight excluding hydrogens is 320 g/mol. The Hall–Kier alpha value is -3.31. The van der Waals surface area contributed by atoms with Crippen molar-refractivity contribution in [2.24, 2.45) is 5.11 Å². The monoisotopic (exact) mass is 336 g/mol. The molecule has 1 fully saturated rings. The molecule has 2 aromatic carbocycles. The first-order valence-electron chi connectivity index (χ1n) is 7.73. The predicted molar refractivity (Wildman–Crippen MR) is 90.2 cm³/mol. The van der Waals surface area contributed by atoms with Crippen molar-refractivity contribution >= 4 is 11.9 Å². The van der Waals surface area contributed by atoms with Crippen molar-refractivity contribution < 1.29 is 14.3 Å². The molecule has 3 rings (SSSR count). The number of amides is 1. The number of ether oxygens (including phenoxy) is 1. The molecule has 2 aromatic rings. The van der Waals surface area contributed by atoms with Gasteiger partial charge >= 0.3 is 5.97 Å². The Morgan fingerprint density at radius 2 is 1.76 bits per heavy atom. The molecule has 1 aliphatic rings. The van der Waals surface area contributed by atoms with E-state index in [4.69, 9.17) is 10.3 Å². The second-order valence-electron chi connectivity index (χ2n) is 5.59. The molecule has 3 atom stereocenters. The molecule has 126 valence electrons. The molecule has 1 saturated heterocycles. The SMILES string of the molecule is COC(=O)C(c1ccccc1)N1C(=O)C(N=[N+]=[N-])C1c1ccccc1. The van der Waals surface area contributed by atoms with Crippen molar-refractivity contribution in [2.75, 3.05) is 7.11 Å². The lowest BCUT2D eigenvalue weighted by atomic mass is 9.85. The van der Waals surface area contributed by atoms with Crippen LogP contribution in [0.3, 0.4) is 0 Å². The summed E-state index contributed by atoms with van der Waals surface area (Å²) >= 11 is 0. The Morgan fingerprint density at radius 3 is 2.32 bits per heavy atom. The van der Waals surface area contributed by atoms with E-state index in [9.17, 15) is 9.59 Å². The van der Waals surface area contributed by atoms with Crippen LogP contribution in [0.25, 0.3) is 10.4 Å². The van der Waals surface area contributed by atoms with Gasteiger partial charge in [0.05, 0.1) is 13.2 Å². The normalized spacial score (nSPS) is 20.2. The van der Waals surface area contributed by atoms with Crippen LogP contribution >= 0.6 is 0 Å². The zero-order valence-corrected chi connectivity index (χ0v) is 13.5. The van der Waals surface area contributed by atoms with Gasteiger partial charge in [0.25, 0.3) is 0 Å². The first kappa shape index (κ1) is 16.5. The highest BCUT2D eigenvalue weighted by Gasteiger charge is 2.53. The third kappa shape index (κ3) is 2.93. The van der Waals surface area contributed by atoms with E-state index in [-0.39, 0.29) is 0 Å². The second-order valence-corrected chi connectivity index (χ2v) is 5.59. The van der Waals surface area contributed by atoms with Crippen molar-refractivity contribution in [2.45, 2.75) is 18.1 Å². The van der Waals surface area contributed by atoms with Crippen LogP contribution in [0.2, 0.25) is 0 Å². The highest BCUT2D eigenvalue weighted by atomic mass is 16.5. The summed E-state index contributed by atoms with van der Waals surface area (Å²) in [6, 6.07) is 15.8. The van der Waals surface area contributed by atoms with Gasteiger partial charge in [-0.1, -0.05) is 65.8 Å². The zero-order chi connectivity index (χ0) is 17.8. The number of methoxy groups -OCH3 is 1. The van der Waals surface area contributed by atoms with Crippen LogP contribution in [-0.4, -0.2) is 29.9 Å². The van der Waals surface area contributed by atoms with Crippen LogP contribution in [0.5, 0.6) is 0 Å². The minimum Gasteiger partial charge on any atom is -0.467 e. The van der Waals surface area contributed by atoms with Crippen LogP contribution in [0.1, 0.15) is 23.2 Å². The van der Waals surface area contributed by atoms with Gasteiger partial charge in [0.15, 0.2) is 6.04 Å². The van der Waals surface area contributed by atoms with Gasteiger partial charge in [-0.25, -0.2) is 4.79 Å². The Labute approximate surface area is 144 Å². The van der Waals surface area contributed by atoms with Gasteiger partial charge in [-0.2, -0.15) is 0 Å². The number of nitrogens with zero attached hydrogens (tertiary/aromatic N) is 4. The van der Waals surface area contributed by atoms with Gasteiger partial charge in [0.2, 0.25) is 5.91 Å². The van der Waals surface area contributed by atoms with E-state index in [0.717, 1.165) is 5.56 Å². The van der Waals surface area contributed by atoms with Crippen molar-refractivity contribution in [3.63, 3.8) is 0 Å². The third-order valence-electron chi connectivity index (χ3n) is 4.24. The molecule has 0 bridgehead atoms. The number of rotatable bonds is 5. The molecule has 0 N–H and O–H groups in total. The fourth-order valence-corrected chi connectivity index (χ4v) is 3.10. The molecule has 7 heteroatoms. The standard InChI is InChI=1S/C18H16N4O3/c1-25-18(24)16(13-10-6-3-7-11-13)22-15(12-8-4-2-5-9-12)14(17(22)23)20-21-19/h2-11,14-16H,1H3. The zero-order valence-electron chi connectivity index (χ0n) is 13.5. The van der Waals surface area contributed by atoms with Gasteiger partial charge < -0.3 is 9.64 Å². The van der Waals surface area contributed by atoms with Crippen molar-refractivity contribution in [1.29, 1.82) is 0 Å². The molecule has 1 heterocycles. The van der Waals surface area contributed by atoms with Crippen LogP contribution < -0.4 is 0 Å². The highest BCUT2D eigenvalue weighted by Crippen LogP contribution is 2.43. The molecule has 7 nitrogen and oxygen atoms in total. The summed E-state index contributed by atoms with van der Waals surface area (Å²) in [6.07, 6.45) is 0. The molecule has 0 saturated carbocycles. The van der Waals surface area contributed by atoms with Crippen LogP contribution in [0, 0.1) is 0 Å². The summed E-state index contributed by atoms with van der Waals surface area (Å²) in [5, 5.41) is 3.62. The summed E-state index contributed by atoms with van der Waals surface area (Å²) in [5.41, 5.74) is 10.2. The van der Waals surface area contributed by atoms with Gasteiger partial charge in [-0.3, -0.25) is 4.79 Å². The van der Waals surface area contributed by atoms with Gasteiger partial charge in [-0.05, 0) is 16.7 Å². The molecule has 0 radical (unpaired) electrons. The smallest absolute Gasteiger partial charge is 0.333 e. The van der Waals surface area contributed by atoms with E-state index in [1.165, 1.54) is 12.0 Å². The Kier molecular flexibility index (Phi) is 4.68. The van der Waals surface area contributed by atoms with Gasteiger partial charge in [0.1, 0.15) is 6.04 Å². The lowest BCUT2D eigenvalue weighted by molar-refractivity contribution is -0.166. The van der Waals surface area contributed by atoms with E-state index in [1.54, 1.807) is 24.3 Å². The third-order valence-corrected chi connectivity index (χ3v) is 4.24. The fourth-order valence-electron chi connectivity index (χ4n) is 3.10. The van der Waals surface area contributed by atoms with E-state index in [1.807, 2.05) is 36.4 Å². The average Bonchev–Trinajstić information content (AvgIpc) is 2.67. The Morgan fingerprint density at radius 1 is 1.16 bits per heavy atom. The number of hydrogen-bond donors (Lipinski definition) is 0. The number of hydrogen-bond acceptors (Lipinski definition) is 4. The van der Waals surface area contributed by atoms with E-state index >= 15 is 0 Å². The number of likely N-dealkylation sites (tertiary alicyclic amines) is 1. The quantitative estimate of drug-likeness (QED) is 0.276. The topological polar surface area (TPSA) is 95.4 Å². The van der Waals surface area contributed by atoms with Crippen molar-refractivity contribution in [1.82, 2.24) is 4.90 Å². The number of carbonyl (C=O) groups is 2. The summed E-state index contributed by atoms with van der Waals surface area (Å²) in [7, 11) is 1.28. The summed E-state index contributed by atoms with van der Waals surface area (Å²) in [6.45, 7) is 0. The summed E-state index contributed by atoms with van der Waals surface area (Å²) < 4.78 is 4.92. The lowest BCUT2D eigenvalue weighted by Gasteiger charge is -2.48. The lowest BCUT2D eigenvalue weighted by Crippen LogP contribution is -2.60. The molecule has 1 amide bonds. The van der Waals surface area contributed by atoms with E-state index in [2.05, 4.69) is 10.0 Å². The Balaban J connectivity index is 2.06. The predicted octanol–water partition coefficient (Wildman–Crippen LogP) is 3.16. The van der Waals surface area contributed by atoms with Crippen molar-refractivity contribution in [3.05, 3.63) is 82.2 Å². The maximum absolute atomic E-state index is 12.6. The molecular formula is C18H16N4O3. The molecule has 3 unspecified atom stereocenters. The molecule has 25 heavy (non-hydrogen) atoms. The first-order chi connectivity index (χ1) is 12.2. The molecule has 0 aromatic heterocycles. The second kappa shape index (κ2) is 7.07. The van der Waals surface area contributed by atoms with E-state index < -0.39 is 30.0 Å². The van der Waals surface area contributed by atoms with Gasteiger partial charge in [0, 0.05) is 4.91 Å². The number of β-lactam (4-membered cyclic amide) rings is 1. The van der Waals surface area contributed by atoms with Gasteiger partial charge in [-0.15, -0.1) is 0 Å². The number of carbonyl (C=O) groups excluding carboxylic acids is 2. The number of esters is 1. The maximum atomic E-state index is 12.6. The average molecular weight is 336 g/mol. The summed E-state index contributed by atoms with van der Waals surface area (Å²) in [5.74, 6) is -0.939. The number of benzene rings is 2. The minimum atomic E-state index is -0.894. The molecule has 0 aliphatic carbocycles. The fraction of sp³-hybridized carbons (Fsp3) is 0.222.